The maximum absolute atomic E-state index is 12.0. The molecular formula is C14H28N2O. The zero-order valence-electron chi connectivity index (χ0n) is 12.1. The van der Waals surface area contributed by atoms with Gasteiger partial charge in [0.1, 0.15) is 0 Å². The summed E-state index contributed by atoms with van der Waals surface area (Å²) in [6.07, 6.45) is 5.05. The molecule has 1 saturated heterocycles. The molecule has 3 heteroatoms. The summed E-state index contributed by atoms with van der Waals surface area (Å²) < 4.78 is 0. The molecule has 0 bridgehead atoms. The number of amides is 1. The van der Waals surface area contributed by atoms with Crippen molar-refractivity contribution < 1.29 is 4.79 Å². The van der Waals surface area contributed by atoms with Crippen LogP contribution in [0.5, 0.6) is 0 Å². The van der Waals surface area contributed by atoms with Gasteiger partial charge in [0.2, 0.25) is 5.91 Å². The van der Waals surface area contributed by atoms with Gasteiger partial charge in [0.15, 0.2) is 0 Å². The van der Waals surface area contributed by atoms with Crippen LogP contribution in [0.4, 0.5) is 0 Å². The first-order valence-corrected chi connectivity index (χ1v) is 6.78. The number of piperidine rings is 1. The minimum Gasteiger partial charge on any atom is -0.345 e. The number of likely N-dealkylation sites (tertiary alicyclic amines) is 1. The van der Waals surface area contributed by atoms with Gasteiger partial charge >= 0.3 is 0 Å². The van der Waals surface area contributed by atoms with Gasteiger partial charge in [0.25, 0.3) is 0 Å². The Morgan fingerprint density at radius 2 is 2.00 bits per heavy atom. The normalized spacial score (nSPS) is 22.5. The first-order chi connectivity index (χ1) is 7.82. The SMILES string of the molecule is CN(CCC1CCCCN1C)C(=O)C(C)(C)C. The molecule has 3 nitrogen and oxygen atoms in total. The van der Waals surface area contributed by atoms with Crippen molar-refractivity contribution in [3.8, 4) is 0 Å². The summed E-state index contributed by atoms with van der Waals surface area (Å²) in [5.41, 5.74) is -0.257. The van der Waals surface area contributed by atoms with Crippen LogP contribution in [-0.4, -0.2) is 48.9 Å². The van der Waals surface area contributed by atoms with E-state index in [-0.39, 0.29) is 11.3 Å². The molecule has 1 heterocycles. The average Bonchev–Trinajstić information content (AvgIpc) is 2.25. The minimum absolute atomic E-state index is 0.246. The predicted molar refractivity (Wildman–Crippen MR) is 72.0 cm³/mol. The van der Waals surface area contributed by atoms with E-state index in [0.717, 1.165) is 13.0 Å². The molecule has 17 heavy (non-hydrogen) atoms. The van der Waals surface area contributed by atoms with Gasteiger partial charge < -0.3 is 9.80 Å². The lowest BCUT2D eigenvalue weighted by Crippen LogP contribution is -2.42. The van der Waals surface area contributed by atoms with Gasteiger partial charge in [-0.3, -0.25) is 4.79 Å². The molecule has 0 N–H and O–H groups in total. The molecule has 0 aliphatic carbocycles. The van der Waals surface area contributed by atoms with E-state index in [0.29, 0.717) is 6.04 Å². The molecule has 100 valence electrons. The van der Waals surface area contributed by atoms with Crippen LogP contribution in [-0.2, 0) is 4.79 Å². The van der Waals surface area contributed by atoms with Gasteiger partial charge in [-0.25, -0.2) is 0 Å². The maximum atomic E-state index is 12.0. The van der Waals surface area contributed by atoms with Crippen LogP contribution in [0.3, 0.4) is 0 Å². The highest BCUT2D eigenvalue weighted by Gasteiger charge is 2.26. The minimum atomic E-state index is -0.257. The summed E-state index contributed by atoms with van der Waals surface area (Å²) in [7, 11) is 4.13. The summed E-state index contributed by atoms with van der Waals surface area (Å²) in [6.45, 7) is 8.04. The number of hydrogen-bond acceptors (Lipinski definition) is 2. The van der Waals surface area contributed by atoms with Crippen LogP contribution in [0.15, 0.2) is 0 Å². The Morgan fingerprint density at radius 1 is 1.35 bits per heavy atom. The van der Waals surface area contributed by atoms with Crippen molar-refractivity contribution in [3.05, 3.63) is 0 Å². The van der Waals surface area contributed by atoms with Crippen molar-refractivity contribution in [1.82, 2.24) is 9.80 Å². The Labute approximate surface area is 106 Å². The molecule has 0 aromatic rings. The third-order valence-electron chi connectivity index (χ3n) is 3.71. The molecule has 0 radical (unpaired) electrons. The summed E-state index contributed by atoms with van der Waals surface area (Å²) in [5.74, 6) is 0.246. The fraction of sp³-hybridized carbons (Fsp3) is 0.929. The van der Waals surface area contributed by atoms with Gasteiger partial charge in [-0.2, -0.15) is 0 Å². The highest BCUT2D eigenvalue weighted by molar-refractivity contribution is 5.81. The molecule has 1 rings (SSSR count). The lowest BCUT2D eigenvalue weighted by atomic mass is 9.94. The van der Waals surface area contributed by atoms with E-state index in [1.54, 1.807) is 0 Å². The fourth-order valence-electron chi connectivity index (χ4n) is 2.53. The Bertz CT molecular complexity index is 257. The Morgan fingerprint density at radius 3 is 2.53 bits per heavy atom. The molecule has 1 unspecified atom stereocenters. The van der Waals surface area contributed by atoms with Crippen LogP contribution in [0, 0.1) is 5.41 Å². The summed E-state index contributed by atoms with van der Waals surface area (Å²) in [5, 5.41) is 0. The summed E-state index contributed by atoms with van der Waals surface area (Å²) in [4.78, 5) is 16.4. The number of carbonyl (C=O) groups excluding carboxylic acids is 1. The van der Waals surface area contributed by atoms with E-state index in [1.165, 1.54) is 25.8 Å². The second-order valence-electron chi connectivity index (χ2n) is 6.40. The van der Waals surface area contributed by atoms with Crippen LogP contribution in [0.25, 0.3) is 0 Å². The lowest BCUT2D eigenvalue weighted by molar-refractivity contribution is -0.138. The van der Waals surface area contributed by atoms with Crippen LogP contribution in [0.1, 0.15) is 46.5 Å². The van der Waals surface area contributed by atoms with E-state index < -0.39 is 0 Å². The van der Waals surface area contributed by atoms with E-state index in [2.05, 4.69) is 11.9 Å². The zero-order valence-corrected chi connectivity index (χ0v) is 12.1. The topological polar surface area (TPSA) is 23.6 Å². The summed E-state index contributed by atoms with van der Waals surface area (Å²) >= 11 is 0. The fourth-order valence-corrected chi connectivity index (χ4v) is 2.53. The third-order valence-corrected chi connectivity index (χ3v) is 3.71. The molecule has 1 amide bonds. The monoisotopic (exact) mass is 240 g/mol. The van der Waals surface area contributed by atoms with Crippen molar-refractivity contribution in [2.75, 3.05) is 27.2 Å². The van der Waals surface area contributed by atoms with Gasteiger partial charge in [-0.05, 0) is 32.9 Å². The van der Waals surface area contributed by atoms with E-state index in [4.69, 9.17) is 0 Å². The lowest BCUT2D eigenvalue weighted by Gasteiger charge is -2.34. The first-order valence-electron chi connectivity index (χ1n) is 6.78. The highest BCUT2D eigenvalue weighted by Crippen LogP contribution is 2.20. The Balaban J connectivity index is 2.37. The Kier molecular flexibility index (Phi) is 4.99. The quantitative estimate of drug-likeness (QED) is 0.756. The smallest absolute Gasteiger partial charge is 0.227 e. The first kappa shape index (κ1) is 14.5. The third kappa shape index (κ3) is 4.30. The molecule has 0 aromatic heterocycles. The van der Waals surface area contributed by atoms with E-state index >= 15 is 0 Å². The molecule has 0 aromatic carbocycles. The second kappa shape index (κ2) is 5.85. The molecule has 0 saturated carbocycles. The summed E-state index contributed by atoms with van der Waals surface area (Å²) in [6, 6.07) is 0.666. The number of hydrogen-bond donors (Lipinski definition) is 0. The van der Waals surface area contributed by atoms with E-state index in [1.807, 2.05) is 32.7 Å². The number of rotatable bonds is 3. The number of carbonyl (C=O) groups is 1. The zero-order chi connectivity index (χ0) is 13.1. The van der Waals surface area contributed by atoms with Crippen molar-refractivity contribution in [2.24, 2.45) is 5.41 Å². The van der Waals surface area contributed by atoms with Crippen LogP contribution < -0.4 is 0 Å². The molecular weight excluding hydrogens is 212 g/mol. The predicted octanol–water partition coefficient (Wildman–Crippen LogP) is 2.37. The molecule has 1 aliphatic rings. The van der Waals surface area contributed by atoms with E-state index in [9.17, 15) is 4.79 Å². The highest BCUT2D eigenvalue weighted by atomic mass is 16.2. The Hall–Kier alpha value is -0.570. The van der Waals surface area contributed by atoms with Gasteiger partial charge in [-0.15, -0.1) is 0 Å². The largest absolute Gasteiger partial charge is 0.345 e. The molecule has 1 atom stereocenters. The van der Waals surface area contributed by atoms with Crippen molar-refractivity contribution in [2.45, 2.75) is 52.5 Å². The van der Waals surface area contributed by atoms with Gasteiger partial charge in [0.05, 0.1) is 0 Å². The molecule has 1 aliphatic heterocycles. The van der Waals surface area contributed by atoms with Crippen LogP contribution in [0.2, 0.25) is 0 Å². The molecule has 0 spiro atoms. The average molecular weight is 240 g/mol. The van der Waals surface area contributed by atoms with Crippen molar-refractivity contribution in [1.29, 1.82) is 0 Å². The van der Waals surface area contributed by atoms with Gasteiger partial charge in [-0.1, -0.05) is 27.2 Å². The maximum Gasteiger partial charge on any atom is 0.227 e. The van der Waals surface area contributed by atoms with Crippen LogP contribution >= 0.6 is 0 Å². The van der Waals surface area contributed by atoms with Crippen molar-refractivity contribution in [3.63, 3.8) is 0 Å². The molecule has 1 fully saturated rings. The second-order valence-corrected chi connectivity index (χ2v) is 6.40. The standard InChI is InChI=1S/C14H28N2O/c1-14(2,3)13(17)16(5)11-9-12-8-6-7-10-15(12)4/h12H,6-11H2,1-5H3. The van der Waals surface area contributed by atoms with Gasteiger partial charge in [0, 0.05) is 25.0 Å². The number of nitrogens with zero attached hydrogens (tertiary/aromatic N) is 2. The van der Waals surface area contributed by atoms with Crippen molar-refractivity contribution >= 4 is 5.91 Å².